The summed E-state index contributed by atoms with van der Waals surface area (Å²) in [4.78, 5) is 26.9. The van der Waals surface area contributed by atoms with Gasteiger partial charge in [0.1, 0.15) is 5.00 Å². The molecule has 3 N–H and O–H groups in total. The Bertz CT molecular complexity index is 819. The van der Waals surface area contributed by atoms with E-state index in [1.54, 1.807) is 11.3 Å². The number of thiophene rings is 1. The summed E-state index contributed by atoms with van der Waals surface area (Å²) in [6.45, 7) is 1.82. The number of hydrogen-bond acceptors (Lipinski definition) is 6. The topological polar surface area (TPSA) is 126 Å². The molecule has 4 rings (SSSR count). The predicted octanol–water partition coefficient (Wildman–Crippen LogP) is 4.34. The van der Waals surface area contributed by atoms with Gasteiger partial charge in [-0.15, -0.1) is 11.3 Å². The van der Waals surface area contributed by atoms with Crippen LogP contribution in [-0.4, -0.2) is 32.4 Å². The van der Waals surface area contributed by atoms with Crippen molar-refractivity contribution < 1.29 is 24.3 Å². The van der Waals surface area contributed by atoms with Crippen LogP contribution in [0.15, 0.2) is 4.52 Å². The van der Waals surface area contributed by atoms with Gasteiger partial charge in [-0.05, 0) is 51.0 Å². The van der Waals surface area contributed by atoms with Crippen molar-refractivity contribution in [1.82, 2.24) is 10.1 Å². The Hall–Kier alpha value is -2.42. The highest BCUT2D eigenvalue weighted by Gasteiger charge is 2.29. The highest BCUT2D eigenvalue weighted by Crippen LogP contribution is 2.44. The maximum atomic E-state index is 12.5. The number of nitrogens with one attached hydrogen (secondary N) is 1. The fraction of sp³-hybridized carbons (Fsp3) is 0.556. The highest BCUT2D eigenvalue weighted by molar-refractivity contribution is 7.17. The predicted molar refractivity (Wildman–Crippen MR) is 100 cm³/mol. The van der Waals surface area contributed by atoms with Gasteiger partial charge < -0.3 is 20.1 Å². The second-order valence-corrected chi connectivity index (χ2v) is 7.92. The molecule has 0 spiro atoms. The number of carbonyl (C=O) groups is 2. The van der Waals surface area contributed by atoms with Gasteiger partial charge in [0.05, 0.1) is 5.56 Å². The number of fused-ring (bicyclic) bond motifs is 1. The van der Waals surface area contributed by atoms with Crippen LogP contribution >= 0.6 is 11.3 Å². The van der Waals surface area contributed by atoms with E-state index in [9.17, 15) is 4.79 Å². The van der Waals surface area contributed by atoms with Crippen molar-refractivity contribution >= 4 is 28.4 Å². The molecule has 0 bridgehead atoms. The monoisotopic (exact) mass is 393 g/mol. The van der Waals surface area contributed by atoms with Gasteiger partial charge in [-0.1, -0.05) is 18.0 Å². The number of aromatic nitrogens is 2. The van der Waals surface area contributed by atoms with Crippen LogP contribution in [0.3, 0.4) is 0 Å². The van der Waals surface area contributed by atoms with E-state index in [1.165, 1.54) is 23.3 Å². The summed E-state index contributed by atoms with van der Waals surface area (Å²) in [6, 6.07) is 0. The summed E-state index contributed by atoms with van der Waals surface area (Å²) in [5.41, 5.74) is 2.27. The summed E-state index contributed by atoms with van der Waals surface area (Å²) in [7, 11) is 0. The molecule has 0 saturated heterocycles. The van der Waals surface area contributed by atoms with Gasteiger partial charge in [-0.25, -0.2) is 4.79 Å². The van der Waals surface area contributed by atoms with E-state index < -0.39 is 6.16 Å². The standard InChI is InChI=1S/C17H21N3O2S.CH2O3/c1-10-18-16(22-20-10)14-12-8-4-5-9-13(12)23-17(14)19-15(21)11-6-2-3-7-11;2-1(3)4/h11H,2-9H2,1H3,(H,19,21);(H2,2,3,4). The quantitative estimate of drug-likeness (QED) is 0.708. The lowest BCUT2D eigenvalue weighted by Crippen LogP contribution is -2.20. The highest BCUT2D eigenvalue weighted by atomic mass is 32.1. The average molecular weight is 393 g/mol. The van der Waals surface area contributed by atoms with Gasteiger partial charge in [-0.2, -0.15) is 4.98 Å². The minimum absolute atomic E-state index is 0.151. The van der Waals surface area contributed by atoms with Crippen LogP contribution in [0, 0.1) is 12.8 Å². The molecule has 2 aliphatic rings. The molecule has 2 heterocycles. The first-order valence-corrected chi connectivity index (χ1v) is 9.95. The summed E-state index contributed by atoms with van der Waals surface area (Å²) in [6.07, 6.45) is 7.01. The van der Waals surface area contributed by atoms with Crippen molar-refractivity contribution in [2.45, 2.75) is 58.3 Å². The van der Waals surface area contributed by atoms with Crippen LogP contribution < -0.4 is 5.32 Å². The first kappa shape index (κ1) is 19.3. The van der Waals surface area contributed by atoms with E-state index in [1.807, 2.05) is 6.92 Å². The molecular weight excluding hydrogens is 370 g/mol. The zero-order valence-electron chi connectivity index (χ0n) is 15.2. The van der Waals surface area contributed by atoms with Crippen LogP contribution in [0.2, 0.25) is 0 Å². The second kappa shape index (κ2) is 8.51. The Morgan fingerprint density at radius 1 is 1.15 bits per heavy atom. The van der Waals surface area contributed by atoms with Crippen LogP contribution in [0.25, 0.3) is 11.5 Å². The van der Waals surface area contributed by atoms with E-state index in [2.05, 4.69) is 15.5 Å². The zero-order chi connectivity index (χ0) is 19.4. The first-order chi connectivity index (χ1) is 13.0. The smallest absolute Gasteiger partial charge is 0.450 e. The van der Waals surface area contributed by atoms with Crippen molar-refractivity contribution in [2.24, 2.45) is 5.92 Å². The van der Waals surface area contributed by atoms with Gasteiger partial charge >= 0.3 is 6.16 Å². The van der Waals surface area contributed by atoms with E-state index in [0.717, 1.165) is 49.1 Å². The molecule has 146 valence electrons. The Kier molecular flexibility index (Phi) is 6.10. The van der Waals surface area contributed by atoms with E-state index in [0.29, 0.717) is 11.7 Å². The summed E-state index contributed by atoms with van der Waals surface area (Å²) in [5.74, 6) is 1.48. The minimum atomic E-state index is -1.83. The largest absolute Gasteiger partial charge is 0.503 e. The average Bonchev–Trinajstić information content (AvgIpc) is 3.33. The van der Waals surface area contributed by atoms with Crippen LogP contribution in [0.5, 0.6) is 0 Å². The number of carbonyl (C=O) groups excluding carboxylic acids is 1. The van der Waals surface area contributed by atoms with Crippen molar-refractivity contribution in [3.05, 3.63) is 16.3 Å². The molecule has 1 amide bonds. The summed E-state index contributed by atoms with van der Waals surface area (Å²) >= 11 is 1.69. The molecule has 1 saturated carbocycles. The van der Waals surface area contributed by atoms with E-state index in [4.69, 9.17) is 19.5 Å². The van der Waals surface area contributed by atoms with E-state index >= 15 is 0 Å². The molecule has 0 aromatic carbocycles. The van der Waals surface area contributed by atoms with Crippen LogP contribution in [0.1, 0.15) is 54.8 Å². The number of rotatable bonds is 3. The minimum Gasteiger partial charge on any atom is -0.450 e. The molecule has 0 radical (unpaired) electrons. The molecule has 27 heavy (non-hydrogen) atoms. The fourth-order valence-corrected chi connectivity index (χ4v) is 4.97. The normalized spacial score (nSPS) is 16.3. The summed E-state index contributed by atoms with van der Waals surface area (Å²) < 4.78 is 5.42. The lowest BCUT2D eigenvalue weighted by molar-refractivity contribution is -0.119. The third-order valence-electron chi connectivity index (χ3n) is 4.88. The molecule has 0 atom stereocenters. The van der Waals surface area contributed by atoms with Crippen LogP contribution in [-0.2, 0) is 17.6 Å². The summed E-state index contributed by atoms with van der Waals surface area (Å²) in [5, 5.41) is 21.9. The molecule has 1 fully saturated rings. The SMILES string of the molecule is Cc1noc(-c2c(NC(=O)C3CCCC3)sc3c2CCCC3)n1.O=C(O)O. The molecule has 8 nitrogen and oxygen atoms in total. The van der Waals surface area contributed by atoms with Gasteiger partial charge in [-0.3, -0.25) is 4.79 Å². The molecule has 2 aromatic rings. The first-order valence-electron chi connectivity index (χ1n) is 9.13. The Morgan fingerprint density at radius 3 is 2.44 bits per heavy atom. The number of carboxylic acid groups (broad SMARTS) is 2. The van der Waals surface area contributed by atoms with Crippen molar-refractivity contribution in [3.63, 3.8) is 0 Å². The van der Waals surface area contributed by atoms with Gasteiger partial charge in [0.2, 0.25) is 5.91 Å². The van der Waals surface area contributed by atoms with Crippen molar-refractivity contribution in [3.8, 4) is 11.5 Å². The third kappa shape index (κ3) is 4.65. The van der Waals surface area contributed by atoms with Gasteiger partial charge in [0, 0.05) is 10.8 Å². The molecule has 2 aromatic heterocycles. The molecule has 0 unspecified atom stereocenters. The maximum Gasteiger partial charge on any atom is 0.503 e. The molecular formula is C18H23N3O5S. The Morgan fingerprint density at radius 2 is 1.81 bits per heavy atom. The Labute approximate surface area is 160 Å². The second-order valence-electron chi connectivity index (χ2n) is 6.81. The number of amides is 1. The lowest BCUT2D eigenvalue weighted by atomic mass is 9.95. The number of anilines is 1. The lowest BCUT2D eigenvalue weighted by Gasteiger charge is -2.11. The number of nitrogens with zero attached hydrogens (tertiary/aromatic N) is 2. The molecule has 2 aliphatic carbocycles. The molecule has 9 heteroatoms. The van der Waals surface area contributed by atoms with Crippen LogP contribution in [0.4, 0.5) is 9.80 Å². The van der Waals surface area contributed by atoms with Gasteiger partial charge in [0.25, 0.3) is 5.89 Å². The van der Waals surface area contributed by atoms with Crippen molar-refractivity contribution in [1.29, 1.82) is 0 Å². The fourth-order valence-electron chi connectivity index (χ4n) is 3.68. The molecule has 0 aliphatic heterocycles. The maximum absolute atomic E-state index is 12.5. The Balaban J connectivity index is 0.000000481. The van der Waals surface area contributed by atoms with E-state index in [-0.39, 0.29) is 11.8 Å². The number of aryl methyl sites for hydroxylation is 2. The zero-order valence-corrected chi connectivity index (χ0v) is 16.0. The number of hydrogen-bond donors (Lipinski definition) is 3. The van der Waals surface area contributed by atoms with Gasteiger partial charge in [0.15, 0.2) is 5.82 Å². The van der Waals surface area contributed by atoms with Crippen molar-refractivity contribution in [2.75, 3.05) is 5.32 Å². The third-order valence-corrected chi connectivity index (χ3v) is 6.08.